The highest BCUT2D eigenvalue weighted by Gasteiger charge is 2.14. The van der Waals surface area contributed by atoms with Gasteiger partial charge in [-0.2, -0.15) is 4.68 Å². The first kappa shape index (κ1) is 18.6. The molecule has 0 bridgehead atoms. The van der Waals surface area contributed by atoms with E-state index in [0.29, 0.717) is 18.5 Å². The molecule has 27 heavy (non-hydrogen) atoms. The van der Waals surface area contributed by atoms with Crippen molar-refractivity contribution in [3.8, 4) is 11.5 Å². The summed E-state index contributed by atoms with van der Waals surface area (Å²) in [5.41, 5.74) is 0.617. The van der Waals surface area contributed by atoms with Gasteiger partial charge in [0.05, 0.1) is 0 Å². The van der Waals surface area contributed by atoms with Crippen LogP contribution in [-0.4, -0.2) is 34.8 Å². The van der Waals surface area contributed by atoms with Gasteiger partial charge in [0, 0.05) is 17.0 Å². The average molecular weight is 387 g/mol. The van der Waals surface area contributed by atoms with E-state index in [1.165, 1.54) is 0 Å². The number of aromatic nitrogens is 2. The molecular formula is C18H17N3O5S. The molecule has 2 aromatic heterocycles. The Labute approximate surface area is 158 Å². The molecule has 0 spiro atoms. The minimum absolute atomic E-state index is 0.111. The number of thiophene rings is 1. The highest BCUT2D eigenvalue weighted by molar-refractivity contribution is 7.09. The molecular weight excluding hydrogens is 370 g/mol. The number of amides is 1. The lowest BCUT2D eigenvalue weighted by Crippen LogP contribution is -2.31. The molecule has 3 rings (SSSR count). The Morgan fingerprint density at radius 1 is 1.19 bits per heavy atom. The lowest BCUT2D eigenvalue weighted by molar-refractivity contribution is -0.149. The second-order valence-corrected chi connectivity index (χ2v) is 6.57. The number of ether oxygens (including phenoxy) is 1. The molecule has 3 aromatic rings. The summed E-state index contributed by atoms with van der Waals surface area (Å²) in [6.07, 6.45) is 0.716. The van der Waals surface area contributed by atoms with Gasteiger partial charge in [0.25, 0.3) is 5.91 Å². The number of benzene rings is 1. The third kappa shape index (κ3) is 5.38. The quantitative estimate of drug-likeness (QED) is 0.587. The van der Waals surface area contributed by atoms with Crippen LogP contribution in [0.1, 0.15) is 4.88 Å². The summed E-state index contributed by atoms with van der Waals surface area (Å²) in [6.45, 7) is -0.390. The van der Waals surface area contributed by atoms with Crippen molar-refractivity contribution in [2.45, 2.75) is 13.0 Å². The summed E-state index contributed by atoms with van der Waals surface area (Å²) in [6, 6.07) is 12.8. The third-order valence-corrected chi connectivity index (χ3v) is 4.48. The van der Waals surface area contributed by atoms with Crippen LogP contribution in [0.3, 0.4) is 0 Å². The molecule has 2 heterocycles. The highest BCUT2D eigenvalue weighted by Crippen LogP contribution is 2.13. The second-order valence-electron chi connectivity index (χ2n) is 5.54. The van der Waals surface area contributed by atoms with Gasteiger partial charge in [-0.3, -0.25) is 9.59 Å². The lowest BCUT2D eigenvalue weighted by atomic mass is 10.2. The highest BCUT2D eigenvalue weighted by atomic mass is 32.1. The van der Waals surface area contributed by atoms with Gasteiger partial charge in [-0.05, 0) is 30.0 Å². The molecule has 8 nitrogen and oxygen atoms in total. The van der Waals surface area contributed by atoms with Crippen molar-refractivity contribution in [1.82, 2.24) is 15.1 Å². The van der Waals surface area contributed by atoms with Gasteiger partial charge in [-0.15, -0.1) is 16.4 Å². The molecule has 1 N–H and O–H groups in total. The molecule has 140 valence electrons. The van der Waals surface area contributed by atoms with Gasteiger partial charge < -0.3 is 14.5 Å². The maximum atomic E-state index is 11.8. The van der Waals surface area contributed by atoms with Crippen molar-refractivity contribution in [3.05, 3.63) is 63.3 Å². The van der Waals surface area contributed by atoms with Gasteiger partial charge in [0.1, 0.15) is 6.54 Å². The number of nitrogens with one attached hydrogen (secondary N) is 1. The third-order valence-electron chi connectivity index (χ3n) is 3.54. The topological polar surface area (TPSA) is 103 Å². The largest absolute Gasteiger partial charge is 0.454 e. The predicted molar refractivity (Wildman–Crippen MR) is 98.2 cm³/mol. The SMILES string of the molecule is O=C(COC(=O)Cn1nc(-c2ccccc2)oc1=O)NCCc1cccs1. The Bertz CT molecular complexity index is 947. The Morgan fingerprint density at radius 2 is 2.00 bits per heavy atom. The van der Waals surface area contributed by atoms with Crippen LogP contribution in [-0.2, 0) is 27.3 Å². The van der Waals surface area contributed by atoms with Crippen LogP contribution >= 0.6 is 11.3 Å². The minimum atomic E-state index is -0.772. The summed E-state index contributed by atoms with van der Waals surface area (Å²) < 4.78 is 10.8. The smallest absolute Gasteiger partial charge is 0.437 e. The van der Waals surface area contributed by atoms with Crippen molar-refractivity contribution < 1.29 is 18.7 Å². The van der Waals surface area contributed by atoms with Crippen LogP contribution in [0.25, 0.3) is 11.5 Å². The zero-order chi connectivity index (χ0) is 19.1. The van der Waals surface area contributed by atoms with E-state index in [2.05, 4.69) is 10.4 Å². The van der Waals surface area contributed by atoms with Crippen LogP contribution in [0.2, 0.25) is 0 Å². The van der Waals surface area contributed by atoms with Gasteiger partial charge >= 0.3 is 11.7 Å². The zero-order valence-electron chi connectivity index (χ0n) is 14.3. The molecule has 0 saturated carbocycles. The summed E-state index contributed by atoms with van der Waals surface area (Å²) in [7, 11) is 0. The summed E-state index contributed by atoms with van der Waals surface area (Å²) in [5.74, 6) is -1.82. The van der Waals surface area contributed by atoms with E-state index in [-0.39, 0.29) is 5.89 Å². The summed E-state index contributed by atoms with van der Waals surface area (Å²) >= 11 is 1.61. The molecule has 0 radical (unpaired) electrons. The zero-order valence-corrected chi connectivity index (χ0v) is 15.1. The van der Waals surface area contributed by atoms with Gasteiger partial charge in [-0.1, -0.05) is 24.3 Å². The Balaban J connectivity index is 1.44. The molecule has 1 amide bonds. The number of hydrogen-bond acceptors (Lipinski definition) is 7. The Kier molecular flexibility index (Phi) is 6.16. The fourth-order valence-corrected chi connectivity index (χ4v) is 2.96. The Hall–Kier alpha value is -3.20. The van der Waals surface area contributed by atoms with E-state index < -0.39 is 30.8 Å². The number of carbonyl (C=O) groups is 2. The van der Waals surface area contributed by atoms with E-state index in [1.54, 1.807) is 35.6 Å². The number of nitrogens with zero attached hydrogens (tertiary/aromatic N) is 2. The van der Waals surface area contributed by atoms with E-state index in [1.807, 2.05) is 23.6 Å². The molecule has 0 aliphatic carbocycles. The van der Waals surface area contributed by atoms with Crippen LogP contribution in [0.4, 0.5) is 0 Å². The first-order valence-electron chi connectivity index (χ1n) is 8.20. The Morgan fingerprint density at radius 3 is 2.74 bits per heavy atom. The fraction of sp³-hybridized carbons (Fsp3) is 0.222. The summed E-state index contributed by atoms with van der Waals surface area (Å²) in [5, 5.41) is 8.59. The molecule has 0 fully saturated rings. The van der Waals surface area contributed by atoms with Crippen molar-refractivity contribution in [1.29, 1.82) is 0 Å². The molecule has 0 aliphatic heterocycles. The molecule has 0 saturated heterocycles. The lowest BCUT2D eigenvalue weighted by Gasteiger charge is -2.05. The number of hydrogen-bond donors (Lipinski definition) is 1. The van der Waals surface area contributed by atoms with E-state index in [4.69, 9.17) is 9.15 Å². The van der Waals surface area contributed by atoms with Crippen LogP contribution < -0.4 is 11.1 Å². The van der Waals surface area contributed by atoms with Gasteiger partial charge in [0.15, 0.2) is 6.61 Å². The maximum absolute atomic E-state index is 11.8. The number of carbonyl (C=O) groups excluding carboxylic acids is 2. The van der Waals surface area contributed by atoms with Crippen LogP contribution in [0, 0.1) is 0 Å². The van der Waals surface area contributed by atoms with Gasteiger partial charge in [0.2, 0.25) is 5.89 Å². The normalized spacial score (nSPS) is 10.5. The van der Waals surface area contributed by atoms with E-state index in [0.717, 1.165) is 9.56 Å². The fourth-order valence-electron chi connectivity index (χ4n) is 2.25. The van der Waals surface area contributed by atoms with Crippen molar-refractivity contribution in [2.24, 2.45) is 0 Å². The van der Waals surface area contributed by atoms with E-state index >= 15 is 0 Å². The molecule has 1 aromatic carbocycles. The maximum Gasteiger partial charge on any atom is 0.437 e. The van der Waals surface area contributed by atoms with Crippen molar-refractivity contribution in [2.75, 3.05) is 13.2 Å². The number of esters is 1. The minimum Gasteiger partial charge on any atom is -0.454 e. The monoisotopic (exact) mass is 387 g/mol. The molecule has 0 aliphatic rings. The standard InChI is InChI=1S/C18H17N3O5S/c22-15(19-9-8-14-7-4-10-27-14)12-25-16(23)11-21-18(24)26-17(20-21)13-5-2-1-3-6-13/h1-7,10H,8-9,11-12H2,(H,19,22). The first-order chi connectivity index (χ1) is 13.1. The van der Waals surface area contributed by atoms with Gasteiger partial charge in [-0.25, -0.2) is 4.79 Å². The number of rotatable bonds is 8. The molecule has 0 unspecified atom stereocenters. The van der Waals surface area contributed by atoms with E-state index in [9.17, 15) is 14.4 Å². The molecule has 9 heteroatoms. The molecule has 0 atom stereocenters. The summed E-state index contributed by atoms with van der Waals surface area (Å²) in [4.78, 5) is 36.5. The average Bonchev–Trinajstić information content (AvgIpc) is 3.31. The first-order valence-corrected chi connectivity index (χ1v) is 9.08. The second kappa shape index (κ2) is 8.95. The van der Waals surface area contributed by atoms with Crippen LogP contribution in [0.5, 0.6) is 0 Å². The van der Waals surface area contributed by atoms with Crippen molar-refractivity contribution in [3.63, 3.8) is 0 Å². The van der Waals surface area contributed by atoms with Crippen LogP contribution in [0.15, 0.2) is 57.1 Å². The van der Waals surface area contributed by atoms with Crippen molar-refractivity contribution >= 4 is 23.2 Å². The predicted octanol–water partition coefficient (Wildman–Crippen LogP) is 1.47.